The highest BCUT2D eigenvalue weighted by molar-refractivity contribution is 9.10. The molecule has 1 amide bonds. The SMILES string of the molecule is CC(=O)N1CCC(Oc2cccc(C(F)(F)F)c2Br)CC1. The Morgan fingerprint density at radius 3 is 2.48 bits per heavy atom. The van der Waals surface area contributed by atoms with E-state index in [2.05, 4.69) is 15.9 Å². The number of carbonyl (C=O) groups is 1. The summed E-state index contributed by atoms with van der Waals surface area (Å²) >= 11 is 2.97. The van der Waals surface area contributed by atoms with Gasteiger partial charge in [-0.3, -0.25) is 4.79 Å². The number of piperidine rings is 1. The molecule has 0 spiro atoms. The number of hydrogen-bond acceptors (Lipinski definition) is 2. The average molecular weight is 366 g/mol. The summed E-state index contributed by atoms with van der Waals surface area (Å²) in [6.07, 6.45) is -3.37. The normalized spacial score (nSPS) is 16.9. The molecule has 1 saturated heterocycles. The van der Waals surface area contributed by atoms with Gasteiger partial charge in [0.1, 0.15) is 11.9 Å². The average Bonchev–Trinajstić information content (AvgIpc) is 2.40. The number of rotatable bonds is 2. The van der Waals surface area contributed by atoms with E-state index in [1.54, 1.807) is 4.90 Å². The van der Waals surface area contributed by atoms with Crippen LogP contribution in [0.1, 0.15) is 25.3 Å². The standard InChI is InChI=1S/C14H15BrF3NO2/c1-9(20)19-7-5-10(6-8-19)21-12-4-2-3-11(13(12)15)14(16,17)18/h2-4,10H,5-8H2,1H3. The van der Waals surface area contributed by atoms with Crippen LogP contribution in [-0.4, -0.2) is 30.0 Å². The first-order valence-electron chi connectivity index (χ1n) is 6.57. The zero-order chi connectivity index (χ0) is 15.6. The topological polar surface area (TPSA) is 29.5 Å². The van der Waals surface area contributed by atoms with Crippen LogP contribution >= 0.6 is 15.9 Å². The summed E-state index contributed by atoms with van der Waals surface area (Å²) in [4.78, 5) is 12.9. The number of hydrogen-bond donors (Lipinski definition) is 0. The van der Waals surface area contributed by atoms with Crippen molar-refractivity contribution >= 4 is 21.8 Å². The number of ether oxygens (including phenoxy) is 1. The van der Waals surface area contributed by atoms with Crippen molar-refractivity contribution in [3.63, 3.8) is 0 Å². The second-order valence-electron chi connectivity index (χ2n) is 4.94. The van der Waals surface area contributed by atoms with E-state index in [0.29, 0.717) is 25.9 Å². The number of benzene rings is 1. The lowest BCUT2D eigenvalue weighted by Crippen LogP contribution is -2.40. The Bertz CT molecular complexity index is 525. The summed E-state index contributed by atoms with van der Waals surface area (Å²) in [6, 6.07) is 3.85. The summed E-state index contributed by atoms with van der Waals surface area (Å²) in [7, 11) is 0. The fraction of sp³-hybridized carbons (Fsp3) is 0.500. The Labute approximate surface area is 129 Å². The second kappa shape index (κ2) is 6.25. The molecule has 0 aliphatic carbocycles. The molecule has 0 unspecified atom stereocenters. The molecule has 1 heterocycles. The van der Waals surface area contributed by atoms with Crippen molar-refractivity contribution < 1.29 is 22.7 Å². The van der Waals surface area contributed by atoms with E-state index in [4.69, 9.17) is 4.74 Å². The van der Waals surface area contributed by atoms with Crippen molar-refractivity contribution in [2.24, 2.45) is 0 Å². The number of alkyl halides is 3. The molecule has 1 aromatic rings. The van der Waals surface area contributed by atoms with Crippen molar-refractivity contribution in [3.05, 3.63) is 28.2 Å². The summed E-state index contributed by atoms with van der Waals surface area (Å²) in [5.74, 6) is 0.194. The smallest absolute Gasteiger partial charge is 0.417 e. The van der Waals surface area contributed by atoms with E-state index in [-0.39, 0.29) is 22.2 Å². The van der Waals surface area contributed by atoms with Crippen LogP contribution in [0.4, 0.5) is 13.2 Å². The minimum atomic E-state index is -4.42. The molecule has 1 aliphatic rings. The summed E-state index contributed by atoms with van der Waals surface area (Å²) in [5.41, 5.74) is -0.749. The third-order valence-electron chi connectivity index (χ3n) is 3.45. The van der Waals surface area contributed by atoms with Crippen LogP contribution in [-0.2, 0) is 11.0 Å². The van der Waals surface area contributed by atoms with Gasteiger partial charge in [-0.15, -0.1) is 0 Å². The van der Waals surface area contributed by atoms with Crippen molar-refractivity contribution in [2.45, 2.75) is 32.0 Å². The van der Waals surface area contributed by atoms with E-state index in [9.17, 15) is 18.0 Å². The molecule has 0 saturated carbocycles. The molecule has 1 aliphatic heterocycles. The molecule has 0 bridgehead atoms. The van der Waals surface area contributed by atoms with E-state index in [0.717, 1.165) is 6.07 Å². The molecule has 21 heavy (non-hydrogen) atoms. The Balaban J connectivity index is 2.06. The van der Waals surface area contributed by atoms with Crippen LogP contribution in [0, 0.1) is 0 Å². The lowest BCUT2D eigenvalue weighted by molar-refractivity contribution is -0.138. The molecule has 0 radical (unpaired) electrons. The third-order valence-corrected chi connectivity index (χ3v) is 4.27. The third kappa shape index (κ3) is 3.90. The largest absolute Gasteiger partial charge is 0.489 e. The van der Waals surface area contributed by atoms with Gasteiger partial charge in [0.25, 0.3) is 0 Å². The maximum Gasteiger partial charge on any atom is 0.417 e. The Kier molecular flexibility index (Phi) is 4.81. The Hall–Kier alpha value is -1.24. The molecule has 0 N–H and O–H groups in total. The number of amides is 1. The van der Waals surface area contributed by atoms with Gasteiger partial charge in [0.05, 0.1) is 10.0 Å². The van der Waals surface area contributed by atoms with Gasteiger partial charge in [-0.1, -0.05) is 6.07 Å². The monoisotopic (exact) mass is 365 g/mol. The fourth-order valence-corrected chi connectivity index (χ4v) is 2.87. The quantitative estimate of drug-likeness (QED) is 0.796. The summed E-state index contributed by atoms with van der Waals surface area (Å²) < 4.78 is 44.0. The van der Waals surface area contributed by atoms with Crippen LogP contribution < -0.4 is 4.74 Å². The highest BCUT2D eigenvalue weighted by Gasteiger charge is 2.34. The predicted octanol–water partition coefficient (Wildman–Crippen LogP) is 3.86. The molecular formula is C14H15BrF3NO2. The number of halogens is 4. The number of carbonyl (C=O) groups excluding carboxylic acids is 1. The fourth-order valence-electron chi connectivity index (χ4n) is 2.29. The van der Waals surface area contributed by atoms with Gasteiger partial charge in [0.15, 0.2) is 0 Å². The first-order valence-corrected chi connectivity index (χ1v) is 7.36. The molecule has 116 valence electrons. The Morgan fingerprint density at radius 1 is 1.33 bits per heavy atom. The van der Waals surface area contributed by atoms with E-state index < -0.39 is 11.7 Å². The zero-order valence-electron chi connectivity index (χ0n) is 11.4. The first kappa shape index (κ1) is 16.1. The summed E-state index contributed by atoms with van der Waals surface area (Å²) in [5, 5.41) is 0. The molecule has 0 atom stereocenters. The van der Waals surface area contributed by atoms with Crippen molar-refractivity contribution in [1.82, 2.24) is 4.90 Å². The van der Waals surface area contributed by atoms with Crippen LogP contribution in [0.5, 0.6) is 5.75 Å². The van der Waals surface area contributed by atoms with Gasteiger partial charge in [-0.2, -0.15) is 13.2 Å². The van der Waals surface area contributed by atoms with Gasteiger partial charge >= 0.3 is 6.18 Å². The van der Waals surface area contributed by atoms with Gasteiger partial charge < -0.3 is 9.64 Å². The van der Waals surface area contributed by atoms with Gasteiger partial charge in [-0.25, -0.2) is 0 Å². The van der Waals surface area contributed by atoms with Crippen molar-refractivity contribution in [3.8, 4) is 5.75 Å². The summed E-state index contributed by atoms with van der Waals surface area (Å²) in [6.45, 7) is 2.64. The molecule has 7 heteroatoms. The maximum atomic E-state index is 12.8. The lowest BCUT2D eigenvalue weighted by atomic mass is 10.1. The van der Waals surface area contributed by atoms with Crippen LogP contribution in [0.15, 0.2) is 22.7 Å². The van der Waals surface area contributed by atoms with Gasteiger partial charge in [-0.05, 0) is 28.1 Å². The highest BCUT2D eigenvalue weighted by Crippen LogP contribution is 2.40. The molecule has 1 aromatic carbocycles. The first-order chi connectivity index (χ1) is 9.79. The lowest BCUT2D eigenvalue weighted by Gasteiger charge is -2.31. The predicted molar refractivity (Wildman–Crippen MR) is 75.0 cm³/mol. The van der Waals surface area contributed by atoms with Crippen molar-refractivity contribution in [2.75, 3.05) is 13.1 Å². The number of likely N-dealkylation sites (tertiary alicyclic amines) is 1. The van der Waals surface area contributed by atoms with E-state index in [1.165, 1.54) is 19.1 Å². The van der Waals surface area contributed by atoms with E-state index >= 15 is 0 Å². The molecule has 2 rings (SSSR count). The maximum absolute atomic E-state index is 12.8. The Morgan fingerprint density at radius 2 is 1.95 bits per heavy atom. The zero-order valence-corrected chi connectivity index (χ0v) is 13.0. The molecule has 0 aromatic heterocycles. The minimum Gasteiger partial charge on any atom is -0.489 e. The van der Waals surface area contributed by atoms with E-state index in [1.807, 2.05) is 0 Å². The molecule has 3 nitrogen and oxygen atoms in total. The molecule has 1 fully saturated rings. The number of nitrogens with zero attached hydrogens (tertiary/aromatic N) is 1. The minimum absolute atomic E-state index is 0.00805. The van der Waals surface area contributed by atoms with Gasteiger partial charge in [0.2, 0.25) is 5.91 Å². The van der Waals surface area contributed by atoms with Crippen LogP contribution in [0.25, 0.3) is 0 Å². The second-order valence-corrected chi connectivity index (χ2v) is 5.73. The molecular weight excluding hydrogens is 351 g/mol. The van der Waals surface area contributed by atoms with Crippen LogP contribution in [0.3, 0.4) is 0 Å². The van der Waals surface area contributed by atoms with Gasteiger partial charge in [0, 0.05) is 32.9 Å². The van der Waals surface area contributed by atoms with Crippen molar-refractivity contribution in [1.29, 1.82) is 0 Å². The van der Waals surface area contributed by atoms with Crippen LogP contribution in [0.2, 0.25) is 0 Å². The highest BCUT2D eigenvalue weighted by atomic mass is 79.9.